The molecule has 5 nitrogen and oxygen atoms in total. The molecule has 0 bridgehead atoms. The molecule has 2 aromatic carbocycles. The minimum atomic E-state index is 0.0224. The number of nitrogens with one attached hydrogen (secondary N) is 1. The Morgan fingerprint density at radius 1 is 1.11 bits per heavy atom. The lowest BCUT2D eigenvalue weighted by Gasteiger charge is -2.10. The molecule has 1 N–H and O–H groups in total. The summed E-state index contributed by atoms with van der Waals surface area (Å²) in [6.45, 7) is 2.74. The molecule has 6 heteroatoms. The van der Waals surface area contributed by atoms with Crippen LogP contribution in [-0.2, 0) is 11.2 Å². The molecule has 0 aliphatic heterocycles. The van der Waals surface area contributed by atoms with Crippen molar-refractivity contribution in [2.45, 2.75) is 37.3 Å². The number of hydrogen-bond donors (Lipinski definition) is 1. The zero-order chi connectivity index (χ0) is 19.3. The molecule has 0 saturated heterocycles. The molecule has 1 heterocycles. The maximum atomic E-state index is 12.3. The van der Waals surface area contributed by atoms with Crippen LogP contribution in [-0.4, -0.2) is 33.0 Å². The number of thioether (sulfide) groups is 1. The molecule has 1 saturated carbocycles. The van der Waals surface area contributed by atoms with E-state index >= 15 is 0 Å². The van der Waals surface area contributed by atoms with Crippen LogP contribution in [0.25, 0.3) is 5.69 Å². The van der Waals surface area contributed by atoms with E-state index in [9.17, 15) is 4.79 Å². The lowest BCUT2D eigenvalue weighted by atomic mass is 10.1. The van der Waals surface area contributed by atoms with Crippen LogP contribution >= 0.6 is 11.8 Å². The monoisotopic (exact) mass is 392 g/mol. The van der Waals surface area contributed by atoms with Gasteiger partial charge in [0.15, 0.2) is 5.16 Å². The van der Waals surface area contributed by atoms with Crippen molar-refractivity contribution in [3.63, 3.8) is 0 Å². The molecule has 3 aromatic rings. The first-order chi connectivity index (χ1) is 13.7. The summed E-state index contributed by atoms with van der Waals surface area (Å²) in [6.07, 6.45) is 3.17. The fourth-order valence-electron chi connectivity index (χ4n) is 3.21. The first-order valence-corrected chi connectivity index (χ1v) is 10.7. The van der Waals surface area contributed by atoms with E-state index in [-0.39, 0.29) is 5.91 Å². The van der Waals surface area contributed by atoms with E-state index < -0.39 is 0 Å². The summed E-state index contributed by atoms with van der Waals surface area (Å²) in [7, 11) is 0. The number of rotatable bonds is 8. The van der Waals surface area contributed by atoms with Gasteiger partial charge >= 0.3 is 0 Å². The average Bonchev–Trinajstić information content (AvgIpc) is 3.48. The van der Waals surface area contributed by atoms with Gasteiger partial charge in [-0.25, -0.2) is 0 Å². The number of hydrogen-bond acceptors (Lipinski definition) is 4. The second-order valence-corrected chi connectivity index (χ2v) is 8.04. The van der Waals surface area contributed by atoms with E-state index in [1.807, 2.05) is 30.3 Å². The number of nitrogens with zero attached hydrogens (tertiary/aromatic N) is 3. The van der Waals surface area contributed by atoms with Crippen molar-refractivity contribution in [2.75, 3.05) is 12.3 Å². The van der Waals surface area contributed by atoms with Crippen molar-refractivity contribution in [2.24, 2.45) is 0 Å². The molecule has 0 unspecified atom stereocenters. The third kappa shape index (κ3) is 4.44. The Bertz CT molecular complexity index is 950. The Kier molecular flexibility index (Phi) is 5.76. The summed E-state index contributed by atoms with van der Waals surface area (Å²) in [6, 6.07) is 18.4. The first kappa shape index (κ1) is 18.7. The van der Waals surface area contributed by atoms with Crippen molar-refractivity contribution in [3.05, 3.63) is 71.5 Å². The Morgan fingerprint density at radius 3 is 2.61 bits per heavy atom. The molecular weight excluding hydrogens is 368 g/mol. The van der Waals surface area contributed by atoms with Crippen LogP contribution in [0, 0.1) is 6.92 Å². The van der Waals surface area contributed by atoms with Gasteiger partial charge in [0.1, 0.15) is 5.82 Å². The second-order valence-electron chi connectivity index (χ2n) is 7.10. The highest BCUT2D eigenvalue weighted by Crippen LogP contribution is 2.41. The van der Waals surface area contributed by atoms with Gasteiger partial charge in [0, 0.05) is 18.2 Å². The van der Waals surface area contributed by atoms with Crippen LogP contribution in [0.5, 0.6) is 0 Å². The molecule has 1 aromatic heterocycles. The summed E-state index contributed by atoms with van der Waals surface area (Å²) in [5, 5.41) is 12.6. The molecule has 4 rings (SSSR count). The van der Waals surface area contributed by atoms with Crippen molar-refractivity contribution in [3.8, 4) is 5.69 Å². The van der Waals surface area contributed by atoms with Crippen molar-refractivity contribution in [1.29, 1.82) is 0 Å². The predicted octanol–water partition coefficient (Wildman–Crippen LogP) is 3.90. The van der Waals surface area contributed by atoms with Gasteiger partial charge in [-0.2, -0.15) is 0 Å². The number of para-hydroxylation sites is 1. The molecule has 28 heavy (non-hydrogen) atoms. The molecule has 0 spiro atoms. The highest BCUT2D eigenvalue weighted by Gasteiger charge is 2.31. The maximum Gasteiger partial charge on any atom is 0.230 e. The minimum Gasteiger partial charge on any atom is -0.355 e. The Balaban J connectivity index is 1.36. The van der Waals surface area contributed by atoms with E-state index in [0.717, 1.165) is 35.9 Å². The van der Waals surface area contributed by atoms with Crippen molar-refractivity contribution >= 4 is 17.7 Å². The zero-order valence-electron chi connectivity index (χ0n) is 16.0. The Morgan fingerprint density at radius 2 is 1.86 bits per heavy atom. The van der Waals surface area contributed by atoms with Gasteiger partial charge < -0.3 is 5.32 Å². The van der Waals surface area contributed by atoms with Crippen LogP contribution in [0.3, 0.4) is 0 Å². The predicted molar refractivity (Wildman–Crippen MR) is 112 cm³/mol. The molecule has 0 radical (unpaired) electrons. The van der Waals surface area contributed by atoms with Gasteiger partial charge in [-0.15, -0.1) is 10.2 Å². The summed E-state index contributed by atoms with van der Waals surface area (Å²) in [4.78, 5) is 12.3. The standard InChI is InChI=1S/C22H24N4OS/c1-16-7-5-6-8-17(16)13-14-23-20(27)15-28-22-25-24-21(18-11-12-18)26(22)19-9-3-2-4-10-19/h2-10,18H,11-15H2,1H3,(H,23,27). The van der Waals surface area contributed by atoms with Crippen LogP contribution < -0.4 is 5.32 Å². The number of aryl methyl sites for hydroxylation is 1. The maximum absolute atomic E-state index is 12.3. The van der Waals surface area contributed by atoms with Gasteiger partial charge in [-0.1, -0.05) is 54.2 Å². The summed E-state index contributed by atoms with van der Waals surface area (Å²) in [5.41, 5.74) is 3.58. The number of benzene rings is 2. The van der Waals surface area contributed by atoms with E-state index in [0.29, 0.717) is 18.2 Å². The largest absolute Gasteiger partial charge is 0.355 e. The van der Waals surface area contributed by atoms with Gasteiger partial charge in [-0.05, 0) is 49.4 Å². The third-order valence-electron chi connectivity index (χ3n) is 4.93. The molecule has 144 valence electrons. The van der Waals surface area contributed by atoms with E-state index in [1.54, 1.807) is 0 Å². The summed E-state index contributed by atoms with van der Waals surface area (Å²) < 4.78 is 2.10. The molecule has 1 aliphatic carbocycles. The van der Waals surface area contributed by atoms with Gasteiger partial charge in [0.05, 0.1) is 5.75 Å². The lowest BCUT2D eigenvalue weighted by Crippen LogP contribution is -2.27. The van der Waals surface area contributed by atoms with Crippen LogP contribution in [0.1, 0.15) is 35.7 Å². The highest BCUT2D eigenvalue weighted by atomic mass is 32.2. The second kappa shape index (κ2) is 8.61. The summed E-state index contributed by atoms with van der Waals surface area (Å²) >= 11 is 1.44. The van der Waals surface area contributed by atoms with E-state index in [1.165, 1.54) is 22.9 Å². The first-order valence-electron chi connectivity index (χ1n) is 9.67. The zero-order valence-corrected chi connectivity index (χ0v) is 16.8. The summed E-state index contributed by atoms with van der Waals surface area (Å²) in [5.74, 6) is 1.86. The van der Waals surface area contributed by atoms with Crippen LogP contribution in [0.2, 0.25) is 0 Å². The van der Waals surface area contributed by atoms with E-state index in [4.69, 9.17) is 0 Å². The molecule has 1 fully saturated rings. The third-order valence-corrected chi connectivity index (χ3v) is 5.85. The fraction of sp³-hybridized carbons (Fsp3) is 0.318. The molecule has 0 atom stereocenters. The van der Waals surface area contributed by atoms with Crippen molar-refractivity contribution < 1.29 is 4.79 Å². The SMILES string of the molecule is Cc1ccccc1CCNC(=O)CSc1nnc(C2CC2)n1-c1ccccc1. The Labute approximate surface area is 169 Å². The highest BCUT2D eigenvalue weighted by molar-refractivity contribution is 7.99. The molecule has 1 aliphatic rings. The fourth-order valence-corrected chi connectivity index (χ4v) is 4.00. The molecule has 1 amide bonds. The van der Waals surface area contributed by atoms with Crippen LogP contribution in [0.15, 0.2) is 59.8 Å². The molecular formula is C22H24N4OS. The van der Waals surface area contributed by atoms with Gasteiger partial charge in [0.2, 0.25) is 5.91 Å². The number of carbonyl (C=O) groups excluding carboxylic acids is 1. The topological polar surface area (TPSA) is 59.8 Å². The number of aromatic nitrogens is 3. The smallest absolute Gasteiger partial charge is 0.230 e. The Hall–Kier alpha value is -2.60. The normalized spacial score (nSPS) is 13.5. The minimum absolute atomic E-state index is 0.0224. The van der Waals surface area contributed by atoms with Gasteiger partial charge in [0.25, 0.3) is 0 Å². The average molecular weight is 393 g/mol. The van der Waals surface area contributed by atoms with Gasteiger partial charge in [-0.3, -0.25) is 9.36 Å². The van der Waals surface area contributed by atoms with E-state index in [2.05, 4.69) is 51.3 Å². The van der Waals surface area contributed by atoms with Crippen molar-refractivity contribution in [1.82, 2.24) is 20.1 Å². The number of amides is 1. The lowest BCUT2D eigenvalue weighted by molar-refractivity contribution is -0.118. The number of carbonyl (C=O) groups is 1. The quantitative estimate of drug-likeness (QED) is 0.591. The van der Waals surface area contributed by atoms with Crippen LogP contribution in [0.4, 0.5) is 0 Å².